The summed E-state index contributed by atoms with van der Waals surface area (Å²) in [6, 6.07) is 51.3. The Kier molecular flexibility index (Phi) is 48.6. The molecule has 33 heteroatoms. The van der Waals surface area contributed by atoms with Gasteiger partial charge in [0.15, 0.2) is 41.6 Å². The Morgan fingerprint density at radius 2 is 0.714 bits per heavy atom. The lowest BCUT2D eigenvalue weighted by Crippen LogP contribution is -2.60. The highest BCUT2D eigenvalue weighted by Crippen LogP contribution is 2.44. The number of methoxy groups -OCH3 is 2. The number of carboxylic acid groups (broad SMARTS) is 1. The average Bonchev–Trinajstić information content (AvgIpc) is 0.788. The van der Waals surface area contributed by atoms with E-state index in [2.05, 4.69) is 294 Å². The molecule has 8 unspecified atom stereocenters. The Morgan fingerprint density at radius 1 is 0.395 bits per heavy atom. The summed E-state index contributed by atoms with van der Waals surface area (Å²) in [5.74, 6) is 0.189. The number of aliphatic hydroxyl groups is 1. The van der Waals surface area contributed by atoms with Crippen molar-refractivity contribution in [1.29, 1.82) is 0 Å². The van der Waals surface area contributed by atoms with Gasteiger partial charge in [0.1, 0.15) is 29.3 Å². The normalized spacial score (nSPS) is 21.6. The number of hydrogen-bond donors (Lipinski definition) is 3. The fourth-order valence-electron chi connectivity index (χ4n) is 15.0. The summed E-state index contributed by atoms with van der Waals surface area (Å²) in [5.41, 5.74) is 4.18. The molecule has 147 heavy (non-hydrogen) atoms. The van der Waals surface area contributed by atoms with Crippen LogP contribution in [0, 0.1) is 0 Å². The lowest BCUT2D eigenvalue weighted by molar-refractivity contribution is -0.177. The minimum atomic E-state index is -1.92. The van der Waals surface area contributed by atoms with Crippen molar-refractivity contribution >= 4 is 103 Å². The van der Waals surface area contributed by atoms with Crippen molar-refractivity contribution in [2.45, 2.75) is 361 Å². The Bertz CT molecular complexity index is 5040. The van der Waals surface area contributed by atoms with Crippen molar-refractivity contribution in [1.82, 2.24) is 29.8 Å². The maximum Gasteiger partial charge on any atom is 0.336 e. The zero-order valence-corrected chi connectivity index (χ0v) is 104. The molecule has 12 rings (SSSR count). The van der Waals surface area contributed by atoms with Crippen molar-refractivity contribution in [3.05, 3.63) is 200 Å². The second-order valence-corrected chi connectivity index (χ2v) is 75.1. The first-order valence-corrected chi connectivity index (χ1v) is 68.2. The SMILES string of the molecule is CC1(C)CN(Cc2ccccc2)C(CO[Si](C)(C)C(C)(C)C)CO1.CC1(C)CNC(CO[Si](C)(C)C(C)(C)C)CO1.CC1(C)OCC(CO[Si](C)(C)C(C)(C)C)N(Cc2ccccc2)C1=O.CC1OCC(CO)N(Cc2ccccc2)C1=O.CC1OCC(CO[Si](C)(C)C(C)(C)C)N(Cc2ccccc2)C1=O.COc1cccc(C(=O)N2CC(C)(C)OCC2CO[Si](C)(C)C(C)(C)C)c1Br.COc1cccc(C(=O)O)c1Br. The number of hydrogen-bond acceptors (Lipinski definition) is 21. The van der Waals surface area contributed by atoms with Gasteiger partial charge in [-0.2, -0.15) is 0 Å². The van der Waals surface area contributed by atoms with Crippen LogP contribution in [-0.2, 0) is 91.1 Å². The summed E-state index contributed by atoms with van der Waals surface area (Å²) in [4.78, 5) is 71.6. The monoisotopic (exact) mass is 2260 g/mol. The Labute approximate surface area is 906 Å². The molecule has 4 amide bonds. The van der Waals surface area contributed by atoms with Gasteiger partial charge in [-0.3, -0.25) is 24.1 Å². The van der Waals surface area contributed by atoms with Gasteiger partial charge in [0.25, 0.3) is 23.6 Å². The minimum absolute atomic E-state index is 0.0250. The average molecular weight is 2260 g/mol. The molecule has 6 aromatic carbocycles. The number of aromatic carboxylic acids is 1. The number of morpholine rings is 6. The Morgan fingerprint density at radius 3 is 1.09 bits per heavy atom. The lowest BCUT2D eigenvalue weighted by atomic mass is 10.0. The number of halogens is 2. The standard InChI is InChI=1S/C21H34BrNO4Si.C20H33NO3Si.C20H35NO2Si.C19H31NO3Si.C13H17NO3.C13H29NO2Si.C8H7BrO3/c1-20(2,3)28(7,8)27-13-15-12-26-21(4,5)14-23(15)19(24)16-10-9-11-17(25-6)18(16)22;1-19(2,3)25(6,7)24-15-17-14-23-20(4,5)18(22)21(17)13-16-11-9-8-10-12-16;1-19(2,3)24(6,7)23-15-18-14-22-20(4,5)16-21(18)13-17-11-9-8-10-12-17;1-15-18(21)20(12-16-10-8-7-9-11-16)17(13-22-15)14-23-24(5,6)19(2,3)4;1-10-13(16)14(12(8-15)9-17-10)7-11-5-3-2-4-6-11;1-12(2,3)17(6,7)16-9-11-8-15-13(4,5)10-14-11;1-12-6-4-2-3-5(7(6)9)8(10)11/h9-11,15H,12-14H2,1-8H3;8-12,17H,13-15H2,1-7H3;8-12,18H,13-16H2,1-7H3;7-11,15,17H,12-14H2,1-6H3;2-6,10,12,15H,7-9H2,1H3;11,14H,8-10H2,1-7H3;2-4H,1H3,(H,10,11). The van der Waals surface area contributed by atoms with Gasteiger partial charge in [-0.25, -0.2) is 4.79 Å². The van der Waals surface area contributed by atoms with Gasteiger partial charge in [0.2, 0.25) is 0 Å². The summed E-state index contributed by atoms with van der Waals surface area (Å²) >= 11 is 6.66. The van der Waals surface area contributed by atoms with E-state index in [0.717, 1.165) is 62.8 Å². The number of aliphatic hydroxyl groups excluding tert-OH is 1. The van der Waals surface area contributed by atoms with Crippen LogP contribution in [0.3, 0.4) is 0 Å². The van der Waals surface area contributed by atoms with E-state index in [4.69, 9.17) is 65.1 Å². The van der Waals surface area contributed by atoms with Crippen LogP contribution in [-0.4, -0.2) is 290 Å². The molecular weight excluding hydrogens is 2070 g/mol. The van der Waals surface area contributed by atoms with Gasteiger partial charge >= 0.3 is 5.97 Å². The highest BCUT2D eigenvalue weighted by Gasteiger charge is 2.49. The fourth-order valence-corrected chi connectivity index (χ4v) is 21.4. The molecule has 3 N–H and O–H groups in total. The van der Waals surface area contributed by atoms with E-state index in [1.807, 2.05) is 134 Å². The maximum atomic E-state index is 13.4. The molecule has 6 aromatic rings. The molecule has 6 heterocycles. The first kappa shape index (κ1) is 129. The molecule has 8 atom stereocenters. The van der Waals surface area contributed by atoms with Crippen LogP contribution < -0.4 is 14.8 Å². The van der Waals surface area contributed by atoms with Gasteiger partial charge in [-0.15, -0.1) is 0 Å². The smallest absolute Gasteiger partial charge is 0.336 e. The van der Waals surface area contributed by atoms with Gasteiger partial charge < -0.3 is 95.2 Å². The molecule has 0 spiro atoms. The van der Waals surface area contributed by atoms with E-state index in [1.165, 1.54) is 18.7 Å². The van der Waals surface area contributed by atoms with Crippen molar-refractivity contribution in [3.8, 4) is 11.5 Å². The van der Waals surface area contributed by atoms with Crippen LogP contribution >= 0.6 is 31.9 Å². The molecule has 0 saturated carbocycles. The molecule has 826 valence electrons. The number of rotatable bonds is 28. The molecule has 6 saturated heterocycles. The zero-order valence-electron chi connectivity index (χ0n) is 96.3. The van der Waals surface area contributed by atoms with E-state index in [9.17, 15) is 29.1 Å². The lowest BCUT2D eigenvalue weighted by Gasteiger charge is -2.45. The Hall–Kier alpha value is -6.25. The molecule has 6 fully saturated rings. The molecule has 6 aliphatic heterocycles. The molecule has 0 bridgehead atoms. The van der Waals surface area contributed by atoms with Crippen LogP contribution in [0.15, 0.2) is 167 Å². The van der Waals surface area contributed by atoms with E-state index < -0.39 is 64.9 Å². The summed E-state index contributed by atoms with van der Waals surface area (Å²) in [5, 5.41) is 22.4. The topological polar surface area (TPSA) is 274 Å². The number of nitrogens with zero attached hydrogens (tertiary/aromatic N) is 5. The second-order valence-electron chi connectivity index (χ2n) is 49.5. The van der Waals surface area contributed by atoms with E-state index in [1.54, 1.807) is 31.1 Å². The highest BCUT2D eigenvalue weighted by atomic mass is 79.9. The number of carboxylic acids is 1. The second kappa shape index (κ2) is 55.2. The number of carbonyl (C=O) groups is 5. The predicted molar refractivity (Wildman–Crippen MR) is 612 cm³/mol. The molecular formula is C114H186Br2N6O20Si5. The molecule has 0 aliphatic carbocycles. The van der Waals surface area contributed by atoms with Crippen LogP contribution in [0.1, 0.15) is 216 Å². The number of ether oxygens (including phenoxy) is 8. The van der Waals surface area contributed by atoms with E-state index >= 15 is 0 Å². The number of benzene rings is 6. The quantitative estimate of drug-likeness (QED) is 0.0385. The minimum Gasteiger partial charge on any atom is -0.496 e. The van der Waals surface area contributed by atoms with Gasteiger partial charge in [-0.05, 0) is 238 Å². The number of nitrogens with one attached hydrogen (secondary N) is 1. The predicted octanol–water partition coefficient (Wildman–Crippen LogP) is 23.6. The van der Waals surface area contributed by atoms with Crippen molar-refractivity contribution in [3.63, 3.8) is 0 Å². The molecule has 26 nitrogen and oxygen atoms in total. The summed E-state index contributed by atoms with van der Waals surface area (Å²) < 4.78 is 78.0. The number of carbonyl (C=O) groups excluding carboxylic acids is 4. The van der Waals surface area contributed by atoms with Crippen molar-refractivity contribution < 1.29 is 94.2 Å². The third-order valence-corrected chi connectivity index (χ3v) is 54.5. The highest BCUT2D eigenvalue weighted by molar-refractivity contribution is 9.11. The van der Waals surface area contributed by atoms with Crippen LogP contribution in [0.25, 0.3) is 0 Å². The third kappa shape index (κ3) is 39.6. The number of amides is 4. The van der Waals surface area contributed by atoms with Crippen LogP contribution in [0.2, 0.25) is 90.7 Å². The maximum absolute atomic E-state index is 13.4. The van der Waals surface area contributed by atoms with Gasteiger partial charge in [0.05, 0.1) is 167 Å². The van der Waals surface area contributed by atoms with Gasteiger partial charge in [-0.1, -0.05) is 237 Å². The van der Waals surface area contributed by atoms with Crippen molar-refractivity contribution in [2.75, 3.05) is 113 Å². The van der Waals surface area contributed by atoms with E-state index in [0.29, 0.717) is 111 Å². The largest absolute Gasteiger partial charge is 0.496 e. The first-order chi connectivity index (χ1) is 67.8. The zero-order chi connectivity index (χ0) is 111. The Balaban J connectivity index is 0.000000265. The third-order valence-electron chi connectivity index (χ3n) is 30.3. The van der Waals surface area contributed by atoms with E-state index in [-0.39, 0.29) is 102 Å². The van der Waals surface area contributed by atoms with Gasteiger partial charge in [0, 0.05) is 45.8 Å². The summed E-state index contributed by atoms with van der Waals surface area (Å²) in [6.07, 6.45) is -0.792. The molecule has 0 radical (unpaired) electrons. The molecule has 0 aromatic heterocycles. The fraction of sp³-hybridized carbons (Fsp3) is 0.640. The first-order valence-electron chi connectivity index (χ1n) is 52.1. The summed E-state index contributed by atoms with van der Waals surface area (Å²) in [6.45, 7) is 87.7. The van der Waals surface area contributed by atoms with Crippen LogP contribution in [0.5, 0.6) is 11.5 Å². The van der Waals surface area contributed by atoms with Crippen LogP contribution in [0.4, 0.5) is 0 Å². The van der Waals surface area contributed by atoms with Crippen molar-refractivity contribution in [2.24, 2.45) is 0 Å². The summed E-state index contributed by atoms with van der Waals surface area (Å²) in [7, 11) is -5.88. The molecule has 6 aliphatic rings.